The summed E-state index contributed by atoms with van der Waals surface area (Å²) in [6.07, 6.45) is 0. The van der Waals surface area contributed by atoms with Crippen LogP contribution in [0.4, 0.5) is 5.69 Å². The third-order valence-corrected chi connectivity index (χ3v) is 2.26. The number of hydrogen-bond acceptors (Lipinski definition) is 3. The Hall–Kier alpha value is -0.870. The largest absolute Gasteiger partial charge is 0.469 e. The highest BCUT2D eigenvalue weighted by atomic mass is 31.2. The van der Waals surface area contributed by atoms with E-state index >= 15 is 0 Å². The van der Waals surface area contributed by atoms with Crippen LogP contribution in [0.1, 0.15) is 5.56 Å². The summed E-state index contributed by atoms with van der Waals surface area (Å²) in [6.45, 7) is 2.31. The molecule has 0 heterocycles. The highest BCUT2D eigenvalue weighted by Gasteiger charge is 2.12. The van der Waals surface area contributed by atoms with Crippen LogP contribution in [-0.4, -0.2) is 22.9 Å². The van der Waals surface area contributed by atoms with Crippen molar-refractivity contribution >= 4 is 13.5 Å². The average Bonchev–Trinajstić information content (AvgIpc) is 2.14. The second-order valence-corrected chi connectivity index (χ2v) is 4.36. The molecule has 15 heavy (non-hydrogen) atoms. The monoisotopic (exact) mass is 231 g/mol. The molecule has 3 N–H and O–H groups in total. The van der Waals surface area contributed by atoms with Gasteiger partial charge in [-0.2, -0.15) is 0 Å². The molecular formula is C9H14NO4P. The minimum atomic E-state index is -4.33. The summed E-state index contributed by atoms with van der Waals surface area (Å²) in [5.41, 5.74) is 2.06. The summed E-state index contributed by atoms with van der Waals surface area (Å²) in [4.78, 5) is 16.8. The quantitative estimate of drug-likeness (QED) is 0.529. The molecule has 0 unspecified atom stereocenters. The normalized spacial score (nSPS) is 11.4. The fourth-order valence-corrected chi connectivity index (χ4v) is 1.36. The van der Waals surface area contributed by atoms with Crippen molar-refractivity contribution in [1.82, 2.24) is 0 Å². The van der Waals surface area contributed by atoms with Gasteiger partial charge in [0.2, 0.25) is 0 Å². The molecule has 0 saturated carbocycles. The lowest BCUT2D eigenvalue weighted by molar-refractivity contribution is 0.204. The number of phosphoric acid groups is 1. The van der Waals surface area contributed by atoms with E-state index in [0.717, 1.165) is 11.3 Å². The Bertz CT molecular complexity index is 346. The van der Waals surface area contributed by atoms with E-state index in [1.165, 1.54) is 0 Å². The molecule has 1 aromatic carbocycles. The Morgan fingerprint density at radius 2 is 1.93 bits per heavy atom. The molecule has 0 atom stereocenters. The van der Waals surface area contributed by atoms with Crippen molar-refractivity contribution in [3.63, 3.8) is 0 Å². The summed E-state index contributed by atoms with van der Waals surface area (Å²) in [6, 6.07) is 7.69. The maximum absolute atomic E-state index is 10.3. The van der Waals surface area contributed by atoms with Crippen LogP contribution in [0.15, 0.2) is 24.3 Å². The highest BCUT2D eigenvalue weighted by molar-refractivity contribution is 7.46. The molecule has 0 aliphatic heterocycles. The van der Waals surface area contributed by atoms with Crippen molar-refractivity contribution in [2.24, 2.45) is 0 Å². The van der Waals surface area contributed by atoms with Gasteiger partial charge in [0.25, 0.3) is 0 Å². The molecule has 1 aromatic rings. The van der Waals surface area contributed by atoms with E-state index in [2.05, 4.69) is 9.84 Å². The lowest BCUT2D eigenvalue weighted by atomic mass is 10.2. The van der Waals surface area contributed by atoms with Crippen molar-refractivity contribution in [3.05, 3.63) is 29.8 Å². The maximum Gasteiger partial charge on any atom is 0.469 e. The number of anilines is 1. The van der Waals surface area contributed by atoms with E-state index in [1.54, 1.807) is 0 Å². The SMILES string of the molecule is Cc1ccc(NCCOP(=O)(O)O)cc1. The summed E-state index contributed by atoms with van der Waals surface area (Å²) in [5, 5.41) is 2.98. The van der Waals surface area contributed by atoms with Gasteiger partial charge in [-0.1, -0.05) is 17.7 Å². The summed E-state index contributed by atoms with van der Waals surface area (Å²) >= 11 is 0. The molecule has 0 bridgehead atoms. The Labute approximate surface area is 88.3 Å². The molecule has 1 rings (SSSR count). The van der Waals surface area contributed by atoms with E-state index in [9.17, 15) is 4.57 Å². The summed E-state index contributed by atoms with van der Waals surface area (Å²) in [5.74, 6) is 0. The number of phosphoric ester groups is 1. The predicted octanol–water partition coefficient (Wildman–Crippen LogP) is 1.52. The first-order valence-corrected chi connectivity index (χ1v) is 6.01. The first-order valence-electron chi connectivity index (χ1n) is 4.48. The van der Waals surface area contributed by atoms with E-state index in [1.807, 2.05) is 31.2 Å². The molecule has 0 amide bonds. The standard InChI is InChI=1S/C9H14NO4P/c1-8-2-4-9(5-3-8)10-6-7-14-15(11,12)13/h2-5,10H,6-7H2,1H3,(H2,11,12,13). The smallest absolute Gasteiger partial charge is 0.383 e. The molecule has 84 valence electrons. The second kappa shape index (κ2) is 5.28. The van der Waals surface area contributed by atoms with Crippen LogP contribution >= 0.6 is 7.82 Å². The topological polar surface area (TPSA) is 78.8 Å². The summed E-state index contributed by atoms with van der Waals surface area (Å²) in [7, 11) is -4.33. The minimum absolute atomic E-state index is 0.0296. The Balaban J connectivity index is 2.26. The molecule has 0 radical (unpaired) electrons. The maximum atomic E-state index is 10.3. The molecule has 6 heteroatoms. The van der Waals surface area contributed by atoms with Crippen LogP contribution < -0.4 is 5.32 Å². The number of benzene rings is 1. The van der Waals surface area contributed by atoms with Crippen molar-refractivity contribution in [2.45, 2.75) is 6.92 Å². The van der Waals surface area contributed by atoms with Crippen LogP contribution in [-0.2, 0) is 9.09 Å². The van der Waals surface area contributed by atoms with Gasteiger partial charge in [-0.15, -0.1) is 0 Å². The first kappa shape index (κ1) is 12.2. The first-order chi connectivity index (χ1) is 6.97. The molecule has 0 aromatic heterocycles. The zero-order valence-electron chi connectivity index (χ0n) is 8.38. The third kappa shape index (κ3) is 5.54. The molecule has 5 nitrogen and oxygen atoms in total. The van der Waals surface area contributed by atoms with Crippen molar-refractivity contribution in [3.8, 4) is 0 Å². The Kier molecular flexibility index (Phi) is 4.29. The van der Waals surface area contributed by atoms with Gasteiger partial charge in [-0.25, -0.2) is 4.57 Å². The Morgan fingerprint density at radius 3 is 2.47 bits per heavy atom. The van der Waals surface area contributed by atoms with Crippen molar-refractivity contribution in [1.29, 1.82) is 0 Å². The number of hydrogen-bond donors (Lipinski definition) is 3. The molecule has 0 aliphatic rings. The van der Waals surface area contributed by atoms with Gasteiger partial charge >= 0.3 is 7.82 Å². The van der Waals surface area contributed by atoms with Gasteiger partial charge in [0.1, 0.15) is 0 Å². The number of nitrogens with one attached hydrogen (secondary N) is 1. The molecular weight excluding hydrogens is 217 g/mol. The molecule has 0 saturated heterocycles. The van der Waals surface area contributed by atoms with Gasteiger partial charge in [0.05, 0.1) is 6.61 Å². The lowest BCUT2D eigenvalue weighted by Gasteiger charge is -2.07. The minimum Gasteiger partial charge on any atom is -0.383 e. The van der Waals surface area contributed by atoms with Gasteiger partial charge in [-0.05, 0) is 19.1 Å². The van der Waals surface area contributed by atoms with Gasteiger partial charge in [-0.3, -0.25) is 4.52 Å². The van der Waals surface area contributed by atoms with Gasteiger partial charge in [0, 0.05) is 12.2 Å². The summed E-state index contributed by atoms with van der Waals surface area (Å²) < 4.78 is 14.6. The zero-order valence-corrected chi connectivity index (χ0v) is 9.28. The van der Waals surface area contributed by atoms with E-state index in [4.69, 9.17) is 9.79 Å². The number of rotatable bonds is 5. The van der Waals surface area contributed by atoms with Crippen LogP contribution in [0.2, 0.25) is 0 Å². The lowest BCUT2D eigenvalue weighted by Crippen LogP contribution is -2.08. The van der Waals surface area contributed by atoms with Crippen LogP contribution in [0, 0.1) is 6.92 Å². The van der Waals surface area contributed by atoms with Crippen LogP contribution in [0.5, 0.6) is 0 Å². The van der Waals surface area contributed by atoms with Crippen LogP contribution in [0.25, 0.3) is 0 Å². The third-order valence-electron chi connectivity index (χ3n) is 1.74. The van der Waals surface area contributed by atoms with Crippen molar-refractivity contribution in [2.75, 3.05) is 18.5 Å². The predicted molar refractivity (Wildman–Crippen MR) is 57.7 cm³/mol. The van der Waals surface area contributed by atoms with Crippen LogP contribution in [0.3, 0.4) is 0 Å². The van der Waals surface area contributed by atoms with E-state index < -0.39 is 7.82 Å². The van der Waals surface area contributed by atoms with Gasteiger partial charge in [0.15, 0.2) is 0 Å². The fourth-order valence-electron chi connectivity index (χ4n) is 1.03. The second-order valence-electron chi connectivity index (χ2n) is 3.12. The molecule has 0 aliphatic carbocycles. The highest BCUT2D eigenvalue weighted by Crippen LogP contribution is 2.35. The number of aryl methyl sites for hydroxylation is 1. The van der Waals surface area contributed by atoms with E-state index in [-0.39, 0.29) is 6.61 Å². The average molecular weight is 231 g/mol. The Morgan fingerprint density at radius 1 is 1.33 bits per heavy atom. The fraction of sp³-hybridized carbons (Fsp3) is 0.333. The van der Waals surface area contributed by atoms with Gasteiger partial charge < -0.3 is 15.1 Å². The van der Waals surface area contributed by atoms with Crippen molar-refractivity contribution < 1.29 is 18.9 Å². The van der Waals surface area contributed by atoms with E-state index in [0.29, 0.717) is 6.54 Å². The zero-order chi connectivity index (χ0) is 11.3. The molecule has 0 spiro atoms. The molecule has 0 fully saturated rings.